The first-order valence-corrected chi connectivity index (χ1v) is 12.5. The Bertz CT molecular complexity index is 1400. The van der Waals surface area contributed by atoms with Gasteiger partial charge in [0.15, 0.2) is 11.6 Å². The molecule has 0 amide bonds. The van der Waals surface area contributed by atoms with Crippen LogP contribution in [0.1, 0.15) is 39.4 Å². The van der Waals surface area contributed by atoms with Gasteiger partial charge in [0.1, 0.15) is 17.5 Å². The van der Waals surface area contributed by atoms with Crippen molar-refractivity contribution in [2.45, 2.75) is 45.4 Å². The van der Waals surface area contributed by atoms with E-state index in [-0.39, 0.29) is 11.4 Å². The fourth-order valence-electron chi connectivity index (χ4n) is 4.89. The molecule has 0 spiro atoms. The number of aromatic nitrogens is 4. The van der Waals surface area contributed by atoms with E-state index in [9.17, 15) is 0 Å². The van der Waals surface area contributed by atoms with Crippen molar-refractivity contribution in [3.63, 3.8) is 0 Å². The van der Waals surface area contributed by atoms with Gasteiger partial charge in [-0.2, -0.15) is 5.10 Å². The van der Waals surface area contributed by atoms with Crippen LogP contribution >= 0.6 is 23.2 Å². The highest BCUT2D eigenvalue weighted by Gasteiger charge is 2.40. The molecule has 1 aliphatic rings. The van der Waals surface area contributed by atoms with E-state index in [2.05, 4.69) is 46.3 Å². The standard InChI is InChI=1S/C26H27Cl2FN6O/c1-14(2)32-26(4)12-35(13-26)25-21(29)7-16(9-31-25)24-18-8-17(5-6-22(18)33-34-24)36-15(3)23-19(27)10-30-11-20(23)28/h5-11,14-15,32H,12-13H2,1-4H3,(H,33,34)/t15-/m1/s1. The SMILES string of the molecule is CC(C)NC1(C)CN(c2ncc(-c3n[nH]c4ccc(O[C@H](C)c5c(Cl)cncc5Cl)cc34)cc2F)C1. The van der Waals surface area contributed by atoms with Crippen LogP contribution in [0.5, 0.6) is 5.75 Å². The number of benzene rings is 1. The van der Waals surface area contributed by atoms with Crippen LogP contribution in [0.3, 0.4) is 0 Å². The molecule has 5 rings (SSSR count). The van der Waals surface area contributed by atoms with Crippen LogP contribution in [-0.2, 0) is 0 Å². The number of rotatable bonds is 7. The predicted molar refractivity (Wildman–Crippen MR) is 141 cm³/mol. The maximum atomic E-state index is 15.1. The molecule has 7 nitrogen and oxygen atoms in total. The maximum Gasteiger partial charge on any atom is 0.166 e. The van der Waals surface area contributed by atoms with Crippen LogP contribution in [0, 0.1) is 5.82 Å². The first kappa shape index (κ1) is 24.7. The molecule has 36 heavy (non-hydrogen) atoms. The van der Waals surface area contributed by atoms with Crippen molar-refractivity contribution in [2.75, 3.05) is 18.0 Å². The molecule has 188 valence electrons. The van der Waals surface area contributed by atoms with Crippen molar-refractivity contribution >= 4 is 39.9 Å². The summed E-state index contributed by atoms with van der Waals surface area (Å²) in [7, 11) is 0. The molecule has 1 aliphatic heterocycles. The zero-order valence-corrected chi connectivity index (χ0v) is 22.0. The van der Waals surface area contributed by atoms with Crippen molar-refractivity contribution in [2.24, 2.45) is 0 Å². The van der Waals surface area contributed by atoms with Crippen LogP contribution in [0.15, 0.2) is 42.9 Å². The monoisotopic (exact) mass is 528 g/mol. The van der Waals surface area contributed by atoms with Crippen molar-refractivity contribution in [1.82, 2.24) is 25.5 Å². The molecule has 1 saturated heterocycles. The normalized spacial score (nSPS) is 15.8. The van der Waals surface area contributed by atoms with Gasteiger partial charge in [0.25, 0.3) is 0 Å². The third kappa shape index (κ3) is 4.73. The molecule has 2 N–H and O–H groups in total. The topological polar surface area (TPSA) is 79.0 Å². The molecule has 4 aromatic rings. The van der Waals surface area contributed by atoms with Gasteiger partial charge in [-0.1, -0.05) is 37.0 Å². The summed E-state index contributed by atoms with van der Waals surface area (Å²) >= 11 is 12.6. The van der Waals surface area contributed by atoms with Gasteiger partial charge >= 0.3 is 0 Å². The highest BCUT2D eigenvalue weighted by atomic mass is 35.5. The third-order valence-corrected chi connectivity index (χ3v) is 6.86. The largest absolute Gasteiger partial charge is 0.486 e. The fourth-order valence-corrected chi connectivity index (χ4v) is 5.56. The Morgan fingerprint density at radius 1 is 1.11 bits per heavy atom. The Morgan fingerprint density at radius 2 is 1.83 bits per heavy atom. The maximum absolute atomic E-state index is 15.1. The zero-order valence-electron chi connectivity index (χ0n) is 20.4. The summed E-state index contributed by atoms with van der Waals surface area (Å²) in [6.07, 6.45) is 4.32. The number of ether oxygens (including phenoxy) is 1. The lowest BCUT2D eigenvalue weighted by Gasteiger charge is -2.50. The number of nitrogens with zero attached hydrogens (tertiary/aromatic N) is 4. The van der Waals surface area contributed by atoms with E-state index in [0.717, 1.165) is 10.9 Å². The molecule has 0 unspecified atom stereocenters. The molecular weight excluding hydrogens is 502 g/mol. The Balaban J connectivity index is 1.38. The Morgan fingerprint density at radius 3 is 2.50 bits per heavy atom. The van der Waals surface area contributed by atoms with E-state index < -0.39 is 6.10 Å². The molecule has 10 heteroatoms. The van der Waals surface area contributed by atoms with Crippen LogP contribution < -0.4 is 15.0 Å². The van der Waals surface area contributed by atoms with E-state index in [1.54, 1.807) is 6.20 Å². The van der Waals surface area contributed by atoms with Crippen LogP contribution in [-0.4, -0.2) is 44.8 Å². The van der Waals surface area contributed by atoms with Crippen LogP contribution in [0.4, 0.5) is 10.2 Å². The van der Waals surface area contributed by atoms with Crippen molar-refractivity contribution in [3.05, 3.63) is 64.3 Å². The fraction of sp³-hybridized carbons (Fsp3) is 0.346. The minimum Gasteiger partial charge on any atom is -0.486 e. The number of nitrogens with one attached hydrogen (secondary N) is 2. The molecule has 3 aromatic heterocycles. The first-order chi connectivity index (χ1) is 17.1. The Hall–Kier alpha value is -2.94. The molecule has 0 radical (unpaired) electrons. The molecule has 1 aromatic carbocycles. The molecular formula is C26H27Cl2FN6O. The quantitative estimate of drug-likeness (QED) is 0.298. The second-order valence-corrected chi connectivity index (χ2v) is 10.6. The van der Waals surface area contributed by atoms with E-state index in [0.29, 0.717) is 57.6 Å². The zero-order chi connectivity index (χ0) is 25.6. The molecule has 0 saturated carbocycles. The number of halogens is 3. The minimum absolute atomic E-state index is 0.0440. The van der Waals surface area contributed by atoms with Crippen molar-refractivity contribution in [1.29, 1.82) is 0 Å². The van der Waals surface area contributed by atoms with Crippen LogP contribution in [0.2, 0.25) is 10.0 Å². The van der Waals surface area contributed by atoms with Gasteiger partial charge < -0.3 is 15.0 Å². The third-order valence-electron chi connectivity index (χ3n) is 6.26. The summed E-state index contributed by atoms with van der Waals surface area (Å²) in [5.74, 6) is 0.577. The number of pyridine rings is 2. The minimum atomic E-state index is -0.411. The van der Waals surface area contributed by atoms with E-state index >= 15 is 4.39 Å². The highest BCUT2D eigenvalue weighted by molar-refractivity contribution is 6.35. The first-order valence-electron chi connectivity index (χ1n) is 11.8. The number of hydrogen-bond acceptors (Lipinski definition) is 6. The van der Waals surface area contributed by atoms with Crippen molar-refractivity contribution < 1.29 is 9.13 Å². The summed E-state index contributed by atoms with van der Waals surface area (Å²) in [4.78, 5) is 10.4. The Kier molecular flexibility index (Phi) is 6.53. The van der Waals surface area contributed by atoms with Gasteiger partial charge in [-0.15, -0.1) is 0 Å². The van der Waals surface area contributed by atoms with Gasteiger partial charge in [-0.25, -0.2) is 9.37 Å². The molecule has 0 bridgehead atoms. The van der Waals surface area contributed by atoms with Gasteiger partial charge in [-0.05, 0) is 38.1 Å². The van der Waals surface area contributed by atoms with E-state index in [1.165, 1.54) is 18.5 Å². The van der Waals surface area contributed by atoms with Gasteiger partial charge in [0, 0.05) is 54.2 Å². The lowest BCUT2D eigenvalue weighted by atomic mass is 9.91. The smallest absolute Gasteiger partial charge is 0.166 e. The van der Waals surface area contributed by atoms with Gasteiger partial charge in [0.05, 0.1) is 21.1 Å². The van der Waals surface area contributed by atoms with Gasteiger partial charge in [-0.3, -0.25) is 10.1 Å². The second kappa shape index (κ2) is 9.50. The summed E-state index contributed by atoms with van der Waals surface area (Å²) in [5.41, 5.74) is 2.59. The molecule has 1 atom stereocenters. The van der Waals surface area contributed by atoms with Gasteiger partial charge in [0.2, 0.25) is 0 Å². The summed E-state index contributed by atoms with van der Waals surface area (Å²) in [6, 6.07) is 7.40. The summed E-state index contributed by atoms with van der Waals surface area (Å²) in [5, 5.41) is 12.6. The number of hydrogen-bond donors (Lipinski definition) is 2. The number of H-pyrrole nitrogens is 1. The average Bonchev–Trinajstić information content (AvgIpc) is 3.20. The summed E-state index contributed by atoms with van der Waals surface area (Å²) in [6.45, 7) is 9.62. The summed E-state index contributed by atoms with van der Waals surface area (Å²) < 4.78 is 21.3. The molecule has 1 fully saturated rings. The van der Waals surface area contributed by atoms with Crippen LogP contribution in [0.25, 0.3) is 22.2 Å². The lowest BCUT2D eigenvalue weighted by molar-refractivity contribution is 0.227. The van der Waals surface area contributed by atoms with E-state index in [1.807, 2.05) is 30.0 Å². The number of fused-ring (bicyclic) bond motifs is 1. The second-order valence-electron chi connectivity index (χ2n) is 9.80. The highest BCUT2D eigenvalue weighted by Crippen LogP contribution is 2.36. The van der Waals surface area contributed by atoms with Crippen molar-refractivity contribution in [3.8, 4) is 17.0 Å². The van der Waals surface area contributed by atoms with E-state index in [4.69, 9.17) is 27.9 Å². The molecule has 4 heterocycles. The Labute approximate surface area is 219 Å². The predicted octanol–water partition coefficient (Wildman–Crippen LogP) is 6.18. The number of anilines is 1. The molecule has 0 aliphatic carbocycles. The number of aromatic amines is 1. The lowest BCUT2D eigenvalue weighted by Crippen LogP contribution is -2.69. The average molecular weight is 529 g/mol.